The maximum atomic E-state index is 13.6. The average Bonchev–Trinajstić information content (AvgIpc) is 3.08. The van der Waals surface area contributed by atoms with E-state index in [1.165, 1.54) is 17.0 Å². The van der Waals surface area contributed by atoms with Crippen LogP contribution in [0.25, 0.3) is 11.1 Å². The molecule has 4 aromatic carbocycles. The summed E-state index contributed by atoms with van der Waals surface area (Å²) in [5.41, 5.74) is 3.71. The number of amides is 2. The van der Waals surface area contributed by atoms with Crippen molar-refractivity contribution in [2.45, 2.75) is 45.6 Å². The quantitative estimate of drug-likeness (QED) is 0.156. The molecule has 9 heteroatoms. The third kappa shape index (κ3) is 10.3. The topological polar surface area (TPSA) is 105 Å². The Morgan fingerprint density at radius 2 is 1.28 bits per heavy atom. The fourth-order valence-corrected chi connectivity index (χ4v) is 4.73. The Hall–Kier alpha value is -5.02. The summed E-state index contributed by atoms with van der Waals surface area (Å²) in [4.78, 5) is 41.0. The van der Waals surface area contributed by atoms with Crippen molar-refractivity contribution in [3.8, 4) is 11.1 Å². The molecule has 0 fully saturated rings. The smallest absolute Gasteiger partial charge is 0.337 e. The number of benzene rings is 4. The van der Waals surface area contributed by atoms with E-state index in [9.17, 15) is 23.9 Å². The van der Waals surface area contributed by atoms with Crippen molar-refractivity contribution in [2.24, 2.45) is 5.92 Å². The minimum Gasteiger partial charge on any atom is -0.461 e. The molecule has 46 heavy (non-hydrogen) atoms. The molecule has 0 spiro atoms. The van der Waals surface area contributed by atoms with E-state index in [1.54, 1.807) is 48.5 Å². The highest BCUT2D eigenvalue weighted by Crippen LogP contribution is 2.29. The third-order valence-corrected chi connectivity index (χ3v) is 7.24. The van der Waals surface area contributed by atoms with Crippen LogP contribution in [0.2, 0.25) is 0 Å². The van der Waals surface area contributed by atoms with Crippen molar-refractivity contribution in [3.63, 3.8) is 0 Å². The van der Waals surface area contributed by atoms with Gasteiger partial charge in [0.15, 0.2) is 6.10 Å². The molecule has 0 aliphatic heterocycles. The standard InChI is InChI=1S/C37H39FN2O6/c1-26(2)22-39-37(44)40(23-34(41)36(43)46-25-28-11-7-4-8-12-28)33(21-35(42)45-24-27-9-5-3-6-10-27)31-15-13-29(14-16-31)30-17-19-32(38)20-18-30/h3-20,26,33-34,41H,21-25H2,1-2H3,(H,39,44). The lowest BCUT2D eigenvalue weighted by Gasteiger charge is -2.33. The molecule has 4 rings (SSSR count). The molecule has 0 aliphatic carbocycles. The van der Waals surface area contributed by atoms with E-state index in [-0.39, 0.29) is 31.4 Å². The largest absolute Gasteiger partial charge is 0.461 e. The first-order chi connectivity index (χ1) is 22.2. The van der Waals surface area contributed by atoms with Crippen LogP contribution in [-0.4, -0.2) is 47.2 Å². The number of aliphatic hydroxyl groups excluding tert-OH is 1. The number of nitrogens with one attached hydrogen (secondary N) is 1. The molecule has 0 aliphatic rings. The van der Waals surface area contributed by atoms with Crippen LogP contribution in [0.4, 0.5) is 9.18 Å². The molecule has 4 aromatic rings. The number of carbonyl (C=O) groups is 3. The van der Waals surface area contributed by atoms with Gasteiger partial charge in [0.25, 0.3) is 0 Å². The number of esters is 2. The molecule has 0 bridgehead atoms. The van der Waals surface area contributed by atoms with Crippen molar-refractivity contribution in [1.29, 1.82) is 0 Å². The number of nitrogens with zero attached hydrogens (tertiary/aromatic N) is 1. The summed E-state index contributed by atoms with van der Waals surface area (Å²) in [6.07, 6.45) is -1.93. The maximum absolute atomic E-state index is 13.6. The van der Waals surface area contributed by atoms with E-state index in [0.29, 0.717) is 12.1 Å². The minimum absolute atomic E-state index is 0.0453. The fraction of sp³-hybridized carbons (Fsp3) is 0.270. The highest BCUT2D eigenvalue weighted by atomic mass is 19.1. The van der Waals surface area contributed by atoms with Gasteiger partial charge >= 0.3 is 18.0 Å². The van der Waals surface area contributed by atoms with Crippen LogP contribution in [0.15, 0.2) is 109 Å². The van der Waals surface area contributed by atoms with Crippen molar-refractivity contribution in [2.75, 3.05) is 13.1 Å². The van der Waals surface area contributed by atoms with Crippen molar-refractivity contribution < 1.29 is 33.4 Å². The van der Waals surface area contributed by atoms with Crippen LogP contribution in [0.1, 0.15) is 43.0 Å². The van der Waals surface area contributed by atoms with Crippen molar-refractivity contribution in [1.82, 2.24) is 10.2 Å². The molecule has 0 radical (unpaired) electrons. The number of halogens is 1. The predicted octanol–water partition coefficient (Wildman–Crippen LogP) is 6.44. The number of ether oxygens (including phenoxy) is 2. The van der Waals surface area contributed by atoms with Crippen LogP contribution in [0.3, 0.4) is 0 Å². The SMILES string of the molecule is CC(C)CNC(=O)N(CC(O)C(=O)OCc1ccccc1)C(CC(=O)OCc1ccccc1)c1ccc(-c2ccc(F)cc2)cc1. The second-order valence-electron chi connectivity index (χ2n) is 11.3. The monoisotopic (exact) mass is 626 g/mol. The van der Waals surface area contributed by atoms with Gasteiger partial charge in [-0.05, 0) is 45.9 Å². The maximum Gasteiger partial charge on any atom is 0.337 e. The van der Waals surface area contributed by atoms with Crippen LogP contribution >= 0.6 is 0 Å². The first kappa shape index (κ1) is 33.9. The Labute approximate surface area is 268 Å². The molecule has 2 atom stereocenters. The van der Waals surface area contributed by atoms with Gasteiger partial charge in [0, 0.05) is 6.54 Å². The number of carbonyl (C=O) groups excluding carboxylic acids is 3. The van der Waals surface area contributed by atoms with Gasteiger partial charge in [-0.15, -0.1) is 0 Å². The zero-order chi connectivity index (χ0) is 32.9. The van der Waals surface area contributed by atoms with Gasteiger partial charge in [-0.3, -0.25) is 4.79 Å². The molecule has 2 unspecified atom stereocenters. The summed E-state index contributed by atoms with van der Waals surface area (Å²) in [7, 11) is 0. The Morgan fingerprint density at radius 3 is 1.83 bits per heavy atom. The van der Waals surface area contributed by atoms with E-state index < -0.39 is 36.7 Å². The van der Waals surface area contributed by atoms with E-state index in [4.69, 9.17) is 9.47 Å². The molecule has 0 saturated heterocycles. The first-order valence-electron chi connectivity index (χ1n) is 15.2. The third-order valence-electron chi connectivity index (χ3n) is 7.24. The second kappa shape index (κ2) is 16.9. The lowest BCUT2D eigenvalue weighted by molar-refractivity contribution is -0.155. The zero-order valence-corrected chi connectivity index (χ0v) is 26.0. The summed E-state index contributed by atoms with van der Waals surface area (Å²) in [5, 5.41) is 13.8. The van der Waals surface area contributed by atoms with E-state index >= 15 is 0 Å². The van der Waals surface area contributed by atoms with Crippen molar-refractivity contribution >= 4 is 18.0 Å². The van der Waals surface area contributed by atoms with Gasteiger partial charge in [0.05, 0.1) is 19.0 Å². The van der Waals surface area contributed by atoms with Crippen LogP contribution in [0.5, 0.6) is 0 Å². The molecule has 240 valence electrons. The summed E-state index contributed by atoms with van der Waals surface area (Å²) < 4.78 is 24.4. The average molecular weight is 627 g/mol. The normalized spacial score (nSPS) is 12.2. The Balaban J connectivity index is 1.60. The summed E-state index contributed by atoms with van der Waals surface area (Å²) in [5.74, 6) is -1.70. The lowest BCUT2D eigenvalue weighted by atomic mass is 9.97. The molecule has 0 saturated carbocycles. The summed E-state index contributed by atoms with van der Waals surface area (Å²) >= 11 is 0. The van der Waals surface area contributed by atoms with Gasteiger partial charge in [0.1, 0.15) is 19.0 Å². The number of urea groups is 1. The second-order valence-corrected chi connectivity index (χ2v) is 11.3. The minimum atomic E-state index is -1.69. The number of aliphatic hydroxyl groups is 1. The molecular weight excluding hydrogens is 587 g/mol. The van der Waals surface area contributed by atoms with Gasteiger partial charge < -0.3 is 24.8 Å². The molecule has 8 nitrogen and oxygen atoms in total. The molecular formula is C37H39FN2O6. The van der Waals surface area contributed by atoms with E-state index in [1.807, 2.05) is 62.4 Å². The van der Waals surface area contributed by atoms with Gasteiger partial charge in [0.2, 0.25) is 0 Å². The molecule has 0 heterocycles. The Bertz CT molecular complexity index is 1550. The highest BCUT2D eigenvalue weighted by Gasteiger charge is 2.32. The Morgan fingerprint density at radius 1 is 0.761 bits per heavy atom. The van der Waals surface area contributed by atoms with Gasteiger partial charge in [-0.2, -0.15) is 0 Å². The van der Waals surface area contributed by atoms with Gasteiger partial charge in [-0.25, -0.2) is 14.0 Å². The molecule has 0 aromatic heterocycles. The predicted molar refractivity (Wildman–Crippen MR) is 173 cm³/mol. The van der Waals surface area contributed by atoms with Crippen LogP contribution < -0.4 is 5.32 Å². The highest BCUT2D eigenvalue weighted by molar-refractivity contribution is 5.79. The first-order valence-corrected chi connectivity index (χ1v) is 15.2. The summed E-state index contributed by atoms with van der Waals surface area (Å²) in [6.45, 7) is 3.77. The van der Waals surface area contributed by atoms with Crippen LogP contribution in [-0.2, 0) is 32.3 Å². The number of hydrogen-bond donors (Lipinski definition) is 2. The number of hydrogen-bond acceptors (Lipinski definition) is 6. The lowest BCUT2D eigenvalue weighted by Crippen LogP contribution is -2.48. The van der Waals surface area contributed by atoms with Gasteiger partial charge in [-0.1, -0.05) is 111 Å². The Kier molecular flexibility index (Phi) is 12.4. The molecule has 2 amide bonds. The van der Waals surface area contributed by atoms with Crippen molar-refractivity contribution in [3.05, 3.63) is 132 Å². The zero-order valence-electron chi connectivity index (χ0n) is 26.0. The molecule has 2 N–H and O–H groups in total. The van der Waals surface area contributed by atoms with E-state index in [2.05, 4.69) is 5.32 Å². The van der Waals surface area contributed by atoms with E-state index in [0.717, 1.165) is 22.3 Å². The number of rotatable bonds is 14. The summed E-state index contributed by atoms with van der Waals surface area (Å²) in [6, 6.07) is 30.0. The fourth-order valence-electron chi connectivity index (χ4n) is 4.73. The van der Waals surface area contributed by atoms with Crippen LogP contribution in [0, 0.1) is 11.7 Å².